The second-order valence-corrected chi connectivity index (χ2v) is 9.60. The molecular formula is C23H36N4O4. The average molecular weight is 433 g/mol. The lowest BCUT2D eigenvalue weighted by atomic mass is 9.91. The van der Waals surface area contributed by atoms with Gasteiger partial charge < -0.3 is 25.4 Å². The molecule has 8 heteroatoms. The molecule has 31 heavy (non-hydrogen) atoms. The lowest BCUT2D eigenvalue weighted by Crippen LogP contribution is -2.42. The van der Waals surface area contributed by atoms with Crippen LogP contribution in [0, 0.1) is 5.92 Å². The number of carbonyl (C=O) groups is 2. The van der Waals surface area contributed by atoms with Crippen LogP contribution < -0.4 is 16.0 Å². The first-order chi connectivity index (χ1) is 14.7. The summed E-state index contributed by atoms with van der Waals surface area (Å²) in [7, 11) is 0. The minimum atomic E-state index is -0.526. The summed E-state index contributed by atoms with van der Waals surface area (Å²) in [5.74, 6) is 0.710. The lowest BCUT2D eigenvalue weighted by molar-refractivity contribution is 0.0500. The number of hydrogen-bond donors (Lipinski definition) is 3. The summed E-state index contributed by atoms with van der Waals surface area (Å²) in [6, 6.07) is 1.64. The maximum atomic E-state index is 12.4. The van der Waals surface area contributed by atoms with Crippen molar-refractivity contribution in [1.82, 2.24) is 15.6 Å². The summed E-state index contributed by atoms with van der Waals surface area (Å²) >= 11 is 0. The molecule has 2 aliphatic rings. The van der Waals surface area contributed by atoms with Gasteiger partial charge in [0.15, 0.2) is 0 Å². The number of amides is 3. The molecule has 1 aromatic heterocycles. The molecule has 0 aromatic carbocycles. The van der Waals surface area contributed by atoms with E-state index in [1.54, 1.807) is 6.20 Å². The lowest BCUT2D eigenvalue weighted by Gasteiger charge is -2.27. The van der Waals surface area contributed by atoms with E-state index in [9.17, 15) is 9.59 Å². The fourth-order valence-corrected chi connectivity index (χ4v) is 3.56. The van der Waals surface area contributed by atoms with E-state index in [4.69, 9.17) is 9.47 Å². The molecule has 0 saturated heterocycles. The molecule has 0 aliphatic heterocycles. The predicted molar refractivity (Wildman–Crippen MR) is 119 cm³/mol. The van der Waals surface area contributed by atoms with Crippen LogP contribution in [0.5, 0.6) is 0 Å². The maximum absolute atomic E-state index is 12.4. The van der Waals surface area contributed by atoms with Gasteiger partial charge in [0.05, 0.1) is 24.5 Å². The van der Waals surface area contributed by atoms with Crippen LogP contribution in [0.1, 0.15) is 64.6 Å². The molecule has 0 spiro atoms. The minimum absolute atomic E-state index is 0.0127. The Morgan fingerprint density at radius 2 is 2.03 bits per heavy atom. The van der Waals surface area contributed by atoms with Crippen molar-refractivity contribution in [2.75, 3.05) is 18.5 Å². The SMILES string of the molecule is CCC(COCC1CC1)NC(=O)Nc1cnc2c(c1)CC(NC(=O)OC(C)(C)C)CC2. The van der Waals surface area contributed by atoms with Crippen molar-refractivity contribution >= 4 is 17.8 Å². The van der Waals surface area contributed by atoms with Gasteiger partial charge in [-0.2, -0.15) is 0 Å². The highest BCUT2D eigenvalue weighted by molar-refractivity contribution is 5.89. The van der Waals surface area contributed by atoms with Gasteiger partial charge in [-0.1, -0.05) is 6.92 Å². The molecule has 2 aliphatic carbocycles. The van der Waals surface area contributed by atoms with E-state index in [0.29, 0.717) is 24.6 Å². The number of nitrogens with one attached hydrogen (secondary N) is 3. The molecule has 3 amide bonds. The number of carbonyl (C=O) groups excluding carboxylic acids is 2. The number of pyridine rings is 1. The number of fused-ring (bicyclic) bond motifs is 1. The van der Waals surface area contributed by atoms with Gasteiger partial charge in [0.25, 0.3) is 0 Å². The molecule has 1 aromatic rings. The number of rotatable bonds is 8. The molecule has 3 rings (SSSR count). The zero-order valence-corrected chi connectivity index (χ0v) is 19.1. The topological polar surface area (TPSA) is 102 Å². The Bertz CT molecular complexity index is 773. The fraction of sp³-hybridized carbons (Fsp3) is 0.696. The molecule has 2 atom stereocenters. The third-order valence-corrected chi connectivity index (χ3v) is 5.43. The predicted octanol–water partition coefficient (Wildman–Crippen LogP) is 3.79. The summed E-state index contributed by atoms with van der Waals surface area (Å²) in [5.41, 5.74) is 2.16. The van der Waals surface area contributed by atoms with Gasteiger partial charge >= 0.3 is 12.1 Å². The Balaban J connectivity index is 1.49. The van der Waals surface area contributed by atoms with Crippen molar-refractivity contribution in [2.45, 2.75) is 83.9 Å². The molecule has 1 fully saturated rings. The van der Waals surface area contributed by atoms with Crippen LogP contribution in [0.15, 0.2) is 12.3 Å². The number of anilines is 1. The second-order valence-electron chi connectivity index (χ2n) is 9.60. The van der Waals surface area contributed by atoms with E-state index in [0.717, 1.165) is 37.1 Å². The quantitative estimate of drug-likeness (QED) is 0.580. The van der Waals surface area contributed by atoms with E-state index in [1.807, 2.05) is 33.8 Å². The van der Waals surface area contributed by atoms with Gasteiger partial charge in [-0.05, 0) is 76.8 Å². The van der Waals surface area contributed by atoms with E-state index in [-0.39, 0.29) is 18.1 Å². The van der Waals surface area contributed by atoms with Crippen LogP contribution in [0.3, 0.4) is 0 Å². The van der Waals surface area contributed by atoms with Crippen LogP contribution in [0.2, 0.25) is 0 Å². The molecule has 0 radical (unpaired) electrons. The van der Waals surface area contributed by atoms with Gasteiger partial charge in [0, 0.05) is 18.3 Å². The number of aryl methyl sites for hydroxylation is 1. The third-order valence-electron chi connectivity index (χ3n) is 5.43. The number of aromatic nitrogens is 1. The Morgan fingerprint density at radius 1 is 1.26 bits per heavy atom. The number of hydrogen-bond acceptors (Lipinski definition) is 5. The zero-order valence-electron chi connectivity index (χ0n) is 19.1. The van der Waals surface area contributed by atoms with Gasteiger partial charge in [-0.15, -0.1) is 0 Å². The van der Waals surface area contributed by atoms with Crippen LogP contribution in [0.4, 0.5) is 15.3 Å². The summed E-state index contributed by atoms with van der Waals surface area (Å²) in [4.78, 5) is 29.0. The van der Waals surface area contributed by atoms with E-state index < -0.39 is 11.7 Å². The maximum Gasteiger partial charge on any atom is 0.407 e. The smallest absolute Gasteiger partial charge is 0.407 e. The largest absolute Gasteiger partial charge is 0.444 e. The second kappa shape index (κ2) is 10.3. The summed E-state index contributed by atoms with van der Waals surface area (Å²) < 4.78 is 11.1. The Kier molecular flexibility index (Phi) is 7.75. The van der Waals surface area contributed by atoms with E-state index in [2.05, 4.69) is 20.9 Å². The number of ether oxygens (including phenoxy) is 2. The normalized spacial score (nSPS) is 19.2. The van der Waals surface area contributed by atoms with Crippen LogP contribution >= 0.6 is 0 Å². The Labute approximate surface area is 184 Å². The van der Waals surface area contributed by atoms with E-state index in [1.165, 1.54) is 12.8 Å². The van der Waals surface area contributed by atoms with Crippen molar-refractivity contribution in [1.29, 1.82) is 0 Å². The molecular weight excluding hydrogens is 396 g/mol. The monoisotopic (exact) mass is 432 g/mol. The van der Waals surface area contributed by atoms with Gasteiger partial charge in [-0.3, -0.25) is 4.98 Å². The highest BCUT2D eigenvalue weighted by Crippen LogP contribution is 2.28. The Morgan fingerprint density at radius 3 is 2.71 bits per heavy atom. The minimum Gasteiger partial charge on any atom is -0.444 e. The van der Waals surface area contributed by atoms with Gasteiger partial charge in [0.2, 0.25) is 0 Å². The number of alkyl carbamates (subject to hydrolysis) is 1. The molecule has 2 unspecified atom stereocenters. The standard InChI is InChI=1S/C23H36N4O4/c1-5-17(14-30-13-15-6-7-15)25-21(28)26-19-11-16-10-18(8-9-20(16)24-12-19)27-22(29)31-23(2,3)4/h11-12,15,17-18H,5-10,13-14H2,1-4H3,(H,27,29)(H2,25,26,28). The Hall–Kier alpha value is -2.35. The van der Waals surface area contributed by atoms with Crippen molar-refractivity contribution in [2.24, 2.45) is 5.92 Å². The first-order valence-corrected chi connectivity index (χ1v) is 11.3. The highest BCUT2D eigenvalue weighted by atomic mass is 16.6. The number of nitrogens with zero attached hydrogens (tertiary/aromatic N) is 1. The van der Waals surface area contributed by atoms with Crippen molar-refractivity contribution in [3.8, 4) is 0 Å². The molecule has 0 bridgehead atoms. The van der Waals surface area contributed by atoms with Crippen LogP contribution in [-0.2, 0) is 22.3 Å². The molecule has 1 heterocycles. The third kappa shape index (κ3) is 8.01. The van der Waals surface area contributed by atoms with E-state index >= 15 is 0 Å². The van der Waals surface area contributed by atoms with Crippen LogP contribution in [0.25, 0.3) is 0 Å². The average Bonchev–Trinajstić information content (AvgIpc) is 3.49. The fourth-order valence-electron chi connectivity index (χ4n) is 3.56. The molecule has 8 nitrogen and oxygen atoms in total. The summed E-state index contributed by atoms with van der Waals surface area (Å²) in [5, 5.41) is 8.78. The molecule has 3 N–H and O–H groups in total. The summed E-state index contributed by atoms with van der Waals surface area (Å²) in [6.07, 6.45) is 6.84. The van der Waals surface area contributed by atoms with Crippen LogP contribution in [-0.4, -0.2) is 48.0 Å². The molecule has 1 saturated carbocycles. The summed E-state index contributed by atoms with van der Waals surface area (Å²) in [6.45, 7) is 8.88. The zero-order chi connectivity index (χ0) is 22.4. The van der Waals surface area contributed by atoms with Crippen molar-refractivity contribution in [3.05, 3.63) is 23.5 Å². The first kappa shape index (κ1) is 23.3. The van der Waals surface area contributed by atoms with Gasteiger partial charge in [-0.25, -0.2) is 9.59 Å². The van der Waals surface area contributed by atoms with Crippen molar-refractivity contribution in [3.63, 3.8) is 0 Å². The number of urea groups is 1. The first-order valence-electron chi connectivity index (χ1n) is 11.3. The van der Waals surface area contributed by atoms with Gasteiger partial charge in [0.1, 0.15) is 5.60 Å². The van der Waals surface area contributed by atoms with Crippen molar-refractivity contribution < 1.29 is 19.1 Å². The highest BCUT2D eigenvalue weighted by Gasteiger charge is 2.25. The molecule has 172 valence electrons.